The van der Waals surface area contributed by atoms with Gasteiger partial charge in [-0.2, -0.15) is 0 Å². The molecule has 0 saturated heterocycles. The molecule has 10 heteroatoms. The Morgan fingerprint density at radius 1 is 0.646 bits per heavy atom. The van der Waals surface area contributed by atoms with E-state index < -0.39 is 32.5 Å². The van der Waals surface area contributed by atoms with E-state index in [9.17, 15) is 19.0 Å². The van der Waals surface area contributed by atoms with Crippen LogP contribution >= 0.6 is 7.82 Å². The highest BCUT2D eigenvalue weighted by atomic mass is 31.2. The van der Waals surface area contributed by atoms with E-state index in [1.165, 1.54) is 77.0 Å². The van der Waals surface area contributed by atoms with E-state index in [1.54, 1.807) is 0 Å². The van der Waals surface area contributed by atoms with Crippen LogP contribution in [-0.2, 0) is 32.7 Å². The van der Waals surface area contributed by atoms with E-state index in [0.29, 0.717) is 17.4 Å². The van der Waals surface area contributed by atoms with Crippen LogP contribution < -0.4 is 4.89 Å². The van der Waals surface area contributed by atoms with Gasteiger partial charge in [-0.05, 0) is 38.5 Å². The summed E-state index contributed by atoms with van der Waals surface area (Å²) in [5.74, 6) is -0.894. The van der Waals surface area contributed by atoms with Crippen LogP contribution in [0.15, 0.2) is 24.3 Å². The van der Waals surface area contributed by atoms with Gasteiger partial charge >= 0.3 is 11.9 Å². The van der Waals surface area contributed by atoms with Crippen molar-refractivity contribution in [3.63, 3.8) is 0 Å². The van der Waals surface area contributed by atoms with E-state index in [1.807, 2.05) is 21.1 Å². The lowest BCUT2D eigenvalue weighted by Crippen LogP contribution is -2.37. The molecular weight excluding hydrogens is 629 g/mol. The average molecular weight is 702 g/mol. The molecule has 1 unspecified atom stereocenters. The summed E-state index contributed by atoms with van der Waals surface area (Å²) < 4.78 is 33.6. The molecule has 0 N–H and O–H groups in total. The molecule has 0 aliphatic heterocycles. The quantitative estimate of drug-likeness (QED) is 0.0215. The highest BCUT2D eigenvalue weighted by molar-refractivity contribution is 7.45. The van der Waals surface area contributed by atoms with Crippen molar-refractivity contribution in [3.8, 4) is 0 Å². The number of phosphoric acid groups is 1. The molecule has 0 aliphatic carbocycles. The van der Waals surface area contributed by atoms with Gasteiger partial charge < -0.3 is 27.9 Å². The van der Waals surface area contributed by atoms with Crippen molar-refractivity contribution in [1.29, 1.82) is 0 Å². The molecule has 48 heavy (non-hydrogen) atoms. The van der Waals surface area contributed by atoms with Crippen molar-refractivity contribution in [2.24, 2.45) is 0 Å². The van der Waals surface area contributed by atoms with Crippen LogP contribution in [0.4, 0.5) is 0 Å². The van der Waals surface area contributed by atoms with Crippen LogP contribution in [0.3, 0.4) is 0 Å². The van der Waals surface area contributed by atoms with Crippen LogP contribution in [-0.4, -0.2) is 70.0 Å². The molecule has 0 radical (unpaired) electrons. The number of carbonyl (C=O) groups excluding carboxylic acids is 2. The van der Waals surface area contributed by atoms with Gasteiger partial charge in [0.05, 0.1) is 27.7 Å². The molecule has 0 rings (SSSR count). The van der Waals surface area contributed by atoms with E-state index in [2.05, 4.69) is 38.2 Å². The first-order valence-electron chi connectivity index (χ1n) is 19.0. The third-order valence-electron chi connectivity index (χ3n) is 7.97. The normalized spacial score (nSPS) is 14.0. The molecule has 0 aliphatic rings. The lowest BCUT2D eigenvalue weighted by atomic mass is 10.1. The Morgan fingerprint density at radius 3 is 1.71 bits per heavy atom. The van der Waals surface area contributed by atoms with Crippen LogP contribution in [0.2, 0.25) is 0 Å². The van der Waals surface area contributed by atoms with Gasteiger partial charge in [0, 0.05) is 12.8 Å². The summed E-state index contributed by atoms with van der Waals surface area (Å²) in [4.78, 5) is 37.1. The smallest absolute Gasteiger partial charge is 0.306 e. The van der Waals surface area contributed by atoms with Gasteiger partial charge in [-0.1, -0.05) is 128 Å². The monoisotopic (exact) mass is 701 g/mol. The number of likely N-dealkylation sites (N-methyl/N-ethyl adjacent to an activating group) is 1. The minimum atomic E-state index is -4.62. The van der Waals surface area contributed by atoms with Gasteiger partial charge in [0.15, 0.2) is 6.10 Å². The molecule has 0 saturated carbocycles. The van der Waals surface area contributed by atoms with Crippen molar-refractivity contribution in [3.05, 3.63) is 24.3 Å². The van der Waals surface area contributed by atoms with Crippen LogP contribution in [0.5, 0.6) is 0 Å². The molecule has 0 fully saturated rings. The molecule has 0 aromatic carbocycles. The van der Waals surface area contributed by atoms with Gasteiger partial charge in [-0.15, -0.1) is 0 Å². The maximum absolute atomic E-state index is 12.6. The topological polar surface area (TPSA) is 111 Å². The Kier molecular flexibility index (Phi) is 30.5. The largest absolute Gasteiger partial charge is 0.756 e. The number of quaternary nitrogens is 1. The first-order chi connectivity index (χ1) is 23.0. The summed E-state index contributed by atoms with van der Waals surface area (Å²) in [5.41, 5.74) is 0. The zero-order valence-electron chi connectivity index (χ0n) is 31.4. The standard InChI is InChI=1S/C38H72NO8P/c1-6-8-10-12-14-15-16-17-18-19-20-21-22-23-25-27-29-31-38(41)47-36(35-46-48(42,43)45-33-32-39(3,4)5)34-44-37(40)30-28-26-24-13-11-9-7-2/h20-21,23,25,36H,6-19,22,24,26-35H2,1-5H3/b21-20+,25-23+/t36-/m1/s1. The number of rotatable bonds is 34. The lowest BCUT2D eigenvalue weighted by molar-refractivity contribution is -0.870. The van der Waals surface area contributed by atoms with Gasteiger partial charge in [0.25, 0.3) is 7.82 Å². The average Bonchev–Trinajstić information content (AvgIpc) is 3.02. The van der Waals surface area contributed by atoms with Gasteiger partial charge in [-0.25, -0.2) is 0 Å². The molecule has 2 atom stereocenters. The minimum Gasteiger partial charge on any atom is -0.756 e. The van der Waals surface area contributed by atoms with Crippen molar-refractivity contribution in [2.75, 3.05) is 47.5 Å². The number of nitrogens with zero attached hydrogens (tertiary/aromatic N) is 1. The SMILES string of the molecule is CCCCCCCCCCC/C=C/C/C=C/CCCC(=O)O[C@H](COC(=O)CCCCCCCCC)COP(=O)([O-])OCC[N+](C)(C)C. The Bertz CT molecular complexity index is 886. The van der Waals surface area contributed by atoms with Crippen molar-refractivity contribution in [1.82, 2.24) is 0 Å². The Morgan fingerprint density at radius 2 is 1.15 bits per heavy atom. The fourth-order valence-electron chi connectivity index (χ4n) is 4.93. The number of unbranched alkanes of at least 4 members (excludes halogenated alkanes) is 16. The second-order valence-electron chi connectivity index (χ2n) is 13.9. The Labute approximate surface area is 294 Å². The molecule has 0 spiro atoms. The fourth-order valence-corrected chi connectivity index (χ4v) is 5.66. The van der Waals surface area contributed by atoms with E-state index in [-0.39, 0.29) is 26.1 Å². The second kappa shape index (κ2) is 31.5. The first kappa shape index (κ1) is 46.5. The van der Waals surface area contributed by atoms with Gasteiger partial charge in [-0.3, -0.25) is 14.2 Å². The molecule has 0 aromatic heterocycles. The molecule has 0 amide bonds. The Hall–Kier alpha value is -1.51. The van der Waals surface area contributed by atoms with Crippen molar-refractivity contribution >= 4 is 19.8 Å². The van der Waals surface area contributed by atoms with Crippen molar-refractivity contribution < 1.29 is 42.1 Å². The number of allylic oxidation sites excluding steroid dienone is 4. The number of phosphoric ester groups is 1. The molecule has 9 nitrogen and oxygen atoms in total. The number of esters is 2. The summed E-state index contributed by atoms with van der Waals surface area (Å²) in [7, 11) is 1.14. The maximum Gasteiger partial charge on any atom is 0.306 e. The maximum atomic E-state index is 12.6. The summed E-state index contributed by atoms with van der Waals surface area (Å²) >= 11 is 0. The van der Waals surface area contributed by atoms with Crippen LogP contribution in [0, 0.1) is 0 Å². The summed E-state index contributed by atoms with van der Waals surface area (Å²) in [6, 6.07) is 0. The number of carbonyl (C=O) groups is 2. The predicted octanol–water partition coefficient (Wildman–Crippen LogP) is 9.38. The minimum absolute atomic E-state index is 0.0369. The number of hydrogen-bond acceptors (Lipinski definition) is 8. The van der Waals surface area contributed by atoms with Crippen LogP contribution in [0.1, 0.15) is 155 Å². The van der Waals surface area contributed by atoms with E-state index in [4.69, 9.17) is 18.5 Å². The fraction of sp³-hybridized carbons (Fsp3) is 0.842. The predicted molar refractivity (Wildman–Crippen MR) is 194 cm³/mol. The lowest BCUT2D eigenvalue weighted by Gasteiger charge is -2.28. The van der Waals surface area contributed by atoms with E-state index in [0.717, 1.165) is 44.9 Å². The second-order valence-corrected chi connectivity index (χ2v) is 15.4. The summed E-state index contributed by atoms with van der Waals surface area (Å²) in [5, 5.41) is 0. The third-order valence-corrected chi connectivity index (χ3v) is 8.94. The first-order valence-corrected chi connectivity index (χ1v) is 20.5. The molecule has 0 heterocycles. The summed E-state index contributed by atoms with van der Waals surface area (Å²) in [6.07, 6.45) is 30.9. The zero-order chi connectivity index (χ0) is 35.8. The van der Waals surface area contributed by atoms with E-state index >= 15 is 0 Å². The zero-order valence-corrected chi connectivity index (χ0v) is 32.3. The Balaban J connectivity index is 4.44. The highest BCUT2D eigenvalue weighted by Crippen LogP contribution is 2.38. The molecule has 0 bridgehead atoms. The molecular formula is C38H72NO8P. The van der Waals surface area contributed by atoms with Gasteiger partial charge in [0.1, 0.15) is 19.8 Å². The number of hydrogen-bond donors (Lipinski definition) is 0. The number of ether oxygens (including phenoxy) is 2. The summed E-state index contributed by atoms with van der Waals surface area (Å²) in [6.45, 7) is 4.11. The molecule has 282 valence electrons. The van der Waals surface area contributed by atoms with Gasteiger partial charge in [0.2, 0.25) is 0 Å². The van der Waals surface area contributed by atoms with Crippen LogP contribution in [0.25, 0.3) is 0 Å². The van der Waals surface area contributed by atoms with Crippen molar-refractivity contribution in [2.45, 2.75) is 161 Å². The highest BCUT2D eigenvalue weighted by Gasteiger charge is 2.21. The molecule has 0 aromatic rings. The third kappa shape index (κ3) is 34.4.